The zero-order valence-electron chi connectivity index (χ0n) is 14.7. The summed E-state index contributed by atoms with van der Waals surface area (Å²) in [6.45, 7) is 0.959. The topological polar surface area (TPSA) is 55.6 Å². The number of benzene rings is 2. The third kappa shape index (κ3) is 3.95. The van der Waals surface area contributed by atoms with E-state index in [1.165, 1.54) is 0 Å². The van der Waals surface area contributed by atoms with Crippen LogP contribution in [0.3, 0.4) is 0 Å². The Morgan fingerprint density at radius 3 is 2.54 bits per heavy atom. The molecule has 0 aliphatic carbocycles. The number of nitrogens with zero attached hydrogens (tertiary/aromatic N) is 4. The van der Waals surface area contributed by atoms with Gasteiger partial charge in [-0.25, -0.2) is 9.97 Å². The summed E-state index contributed by atoms with van der Waals surface area (Å²) in [5.74, 6) is -0.989. The molecule has 8 heteroatoms. The van der Waals surface area contributed by atoms with Gasteiger partial charge in [0.2, 0.25) is 5.82 Å². The Balaban J connectivity index is 1.59. The molecule has 0 fully saturated rings. The van der Waals surface area contributed by atoms with Gasteiger partial charge in [-0.2, -0.15) is 18.3 Å². The van der Waals surface area contributed by atoms with E-state index in [0.29, 0.717) is 18.5 Å². The number of alkyl halides is 3. The highest BCUT2D eigenvalue weighted by atomic mass is 19.4. The largest absolute Gasteiger partial charge is 0.451 e. The molecule has 0 spiro atoms. The standard InChI is InChI=1S/C20H16F3N5/c21-20(22,23)19-26-17-8-2-1-7-16(17)18(27-19)24-12-14-5-3-6-15(11-14)13-28-10-4-9-25-28/h1-11H,12-13H2,(H,24,26,27). The van der Waals surface area contributed by atoms with Gasteiger partial charge in [0, 0.05) is 24.3 Å². The van der Waals surface area contributed by atoms with Crippen LogP contribution in [0.4, 0.5) is 19.0 Å². The first-order valence-corrected chi connectivity index (χ1v) is 8.62. The molecule has 4 aromatic rings. The van der Waals surface area contributed by atoms with Gasteiger partial charge in [-0.15, -0.1) is 0 Å². The molecule has 2 aromatic carbocycles. The Labute approximate surface area is 158 Å². The summed E-state index contributed by atoms with van der Waals surface area (Å²) >= 11 is 0. The molecule has 1 N–H and O–H groups in total. The summed E-state index contributed by atoms with van der Waals surface area (Å²) in [5, 5.41) is 7.75. The lowest BCUT2D eigenvalue weighted by molar-refractivity contribution is -0.144. The molecule has 0 unspecified atom stereocenters. The van der Waals surface area contributed by atoms with Gasteiger partial charge in [0.1, 0.15) is 5.82 Å². The highest BCUT2D eigenvalue weighted by Gasteiger charge is 2.35. The third-order valence-corrected chi connectivity index (χ3v) is 4.21. The Bertz CT molecular complexity index is 1090. The lowest BCUT2D eigenvalue weighted by Crippen LogP contribution is -2.13. The van der Waals surface area contributed by atoms with E-state index in [2.05, 4.69) is 20.4 Å². The van der Waals surface area contributed by atoms with Crippen LogP contribution in [0.5, 0.6) is 0 Å². The number of anilines is 1. The molecule has 0 saturated carbocycles. The summed E-state index contributed by atoms with van der Waals surface area (Å²) in [6, 6.07) is 16.3. The molecule has 2 aromatic heterocycles. The number of para-hydroxylation sites is 1. The van der Waals surface area contributed by atoms with Crippen LogP contribution in [-0.2, 0) is 19.3 Å². The number of hydrogen-bond acceptors (Lipinski definition) is 4. The second kappa shape index (κ2) is 7.30. The van der Waals surface area contributed by atoms with Gasteiger partial charge in [-0.1, -0.05) is 36.4 Å². The average molecular weight is 383 g/mol. The summed E-state index contributed by atoms with van der Waals surface area (Å²) in [7, 11) is 0. The van der Waals surface area contributed by atoms with Crippen molar-refractivity contribution in [1.82, 2.24) is 19.7 Å². The van der Waals surface area contributed by atoms with Crippen LogP contribution in [-0.4, -0.2) is 19.7 Å². The lowest BCUT2D eigenvalue weighted by atomic mass is 10.1. The minimum absolute atomic E-state index is 0.162. The maximum Gasteiger partial charge on any atom is 0.451 e. The predicted molar refractivity (Wildman–Crippen MR) is 99.6 cm³/mol. The zero-order chi connectivity index (χ0) is 19.6. The molecule has 28 heavy (non-hydrogen) atoms. The highest BCUT2D eigenvalue weighted by Crippen LogP contribution is 2.30. The van der Waals surface area contributed by atoms with E-state index in [1.807, 2.05) is 36.5 Å². The van der Waals surface area contributed by atoms with Crippen LogP contribution in [0, 0.1) is 0 Å². The number of aromatic nitrogens is 4. The number of nitrogens with one attached hydrogen (secondary N) is 1. The SMILES string of the molecule is FC(F)(F)c1nc(NCc2cccc(Cn3cccn3)c2)c2ccccc2n1. The fourth-order valence-electron chi connectivity index (χ4n) is 2.94. The highest BCUT2D eigenvalue weighted by molar-refractivity contribution is 5.89. The quantitative estimate of drug-likeness (QED) is 0.551. The fourth-order valence-corrected chi connectivity index (χ4v) is 2.94. The van der Waals surface area contributed by atoms with Crippen molar-refractivity contribution in [3.05, 3.63) is 83.9 Å². The molecule has 0 bridgehead atoms. The Hall–Kier alpha value is -3.42. The summed E-state index contributed by atoms with van der Waals surface area (Å²) in [6.07, 6.45) is -1.02. The van der Waals surface area contributed by atoms with E-state index < -0.39 is 12.0 Å². The van der Waals surface area contributed by atoms with Crippen molar-refractivity contribution in [2.75, 3.05) is 5.32 Å². The van der Waals surface area contributed by atoms with Crippen LogP contribution in [0.15, 0.2) is 67.0 Å². The normalized spacial score (nSPS) is 11.7. The monoisotopic (exact) mass is 383 g/mol. The molecule has 0 aliphatic rings. The van der Waals surface area contributed by atoms with Gasteiger partial charge < -0.3 is 5.32 Å². The maximum atomic E-state index is 13.1. The predicted octanol–water partition coefficient (Wildman–Crippen LogP) is 4.51. The van der Waals surface area contributed by atoms with E-state index in [1.54, 1.807) is 35.1 Å². The molecule has 2 heterocycles. The van der Waals surface area contributed by atoms with Crippen LogP contribution in [0.1, 0.15) is 17.0 Å². The lowest BCUT2D eigenvalue weighted by Gasteiger charge is -2.13. The van der Waals surface area contributed by atoms with Crippen molar-refractivity contribution in [1.29, 1.82) is 0 Å². The first kappa shape index (κ1) is 18.0. The second-order valence-corrected chi connectivity index (χ2v) is 6.29. The van der Waals surface area contributed by atoms with E-state index in [-0.39, 0.29) is 11.3 Å². The minimum Gasteiger partial charge on any atom is -0.365 e. The molecule has 142 valence electrons. The Morgan fingerprint density at radius 1 is 0.929 bits per heavy atom. The molecule has 5 nitrogen and oxygen atoms in total. The van der Waals surface area contributed by atoms with Crippen molar-refractivity contribution in [3.8, 4) is 0 Å². The fraction of sp³-hybridized carbons (Fsp3) is 0.150. The first-order valence-electron chi connectivity index (χ1n) is 8.62. The van der Waals surface area contributed by atoms with Crippen LogP contribution >= 0.6 is 0 Å². The number of halogens is 3. The summed E-state index contributed by atoms with van der Waals surface area (Å²) in [4.78, 5) is 7.34. The van der Waals surface area contributed by atoms with E-state index in [4.69, 9.17) is 0 Å². The molecular formula is C20H16F3N5. The van der Waals surface area contributed by atoms with E-state index in [0.717, 1.165) is 11.1 Å². The molecular weight excluding hydrogens is 367 g/mol. The second-order valence-electron chi connectivity index (χ2n) is 6.29. The van der Waals surface area contributed by atoms with Crippen molar-refractivity contribution in [2.24, 2.45) is 0 Å². The van der Waals surface area contributed by atoms with Crippen LogP contribution < -0.4 is 5.32 Å². The minimum atomic E-state index is -4.61. The number of rotatable bonds is 5. The van der Waals surface area contributed by atoms with Crippen molar-refractivity contribution < 1.29 is 13.2 Å². The van der Waals surface area contributed by atoms with Gasteiger partial charge in [0.25, 0.3) is 0 Å². The zero-order valence-corrected chi connectivity index (χ0v) is 14.7. The van der Waals surface area contributed by atoms with Crippen LogP contribution in [0.25, 0.3) is 10.9 Å². The van der Waals surface area contributed by atoms with Crippen molar-refractivity contribution >= 4 is 16.7 Å². The van der Waals surface area contributed by atoms with Crippen LogP contribution in [0.2, 0.25) is 0 Å². The van der Waals surface area contributed by atoms with Gasteiger partial charge in [-0.05, 0) is 29.3 Å². The molecule has 0 radical (unpaired) electrons. The third-order valence-electron chi connectivity index (χ3n) is 4.21. The van der Waals surface area contributed by atoms with E-state index >= 15 is 0 Å². The van der Waals surface area contributed by atoms with Gasteiger partial charge in [0.05, 0.1) is 12.1 Å². The van der Waals surface area contributed by atoms with Gasteiger partial charge in [-0.3, -0.25) is 4.68 Å². The molecule has 0 atom stereocenters. The Kier molecular flexibility index (Phi) is 4.68. The molecule has 0 amide bonds. The van der Waals surface area contributed by atoms with Gasteiger partial charge >= 0.3 is 6.18 Å². The average Bonchev–Trinajstić information content (AvgIpc) is 3.18. The molecule has 0 aliphatic heterocycles. The van der Waals surface area contributed by atoms with Crippen molar-refractivity contribution in [2.45, 2.75) is 19.3 Å². The smallest absolute Gasteiger partial charge is 0.365 e. The summed E-state index contributed by atoms with van der Waals surface area (Å²) < 4.78 is 41.2. The number of fused-ring (bicyclic) bond motifs is 1. The summed E-state index contributed by atoms with van der Waals surface area (Å²) in [5.41, 5.74) is 2.23. The Morgan fingerprint density at radius 2 is 1.75 bits per heavy atom. The molecule has 4 rings (SSSR count). The maximum absolute atomic E-state index is 13.1. The molecule has 0 saturated heterocycles. The first-order chi connectivity index (χ1) is 13.5. The van der Waals surface area contributed by atoms with Gasteiger partial charge in [0.15, 0.2) is 0 Å². The number of hydrogen-bond donors (Lipinski definition) is 1. The van der Waals surface area contributed by atoms with E-state index in [9.17, 15) is 13.2 Å². The van der Waals surface area contributed by atoms with Crippen molar-refractivity contribution in [3.63, 3.8) is 0 Å².